The van der Waals surface area contributed by atoms with Gasteiger partial charge in [0.25, 0.3) is 11.5 Å². The van der Waals surface area contributed by atoms with E-state index in [4.69, 9.17) is 23.2 Å². The number of aromatic nitrogens is 2. The number of benzene rings is 2. The van der Waals surface area contributed by atoms with Crippen molar-refractivity contribution in [2.75, 3.05) is 0 Å². The lowest BCUT2D eigenvalue weighted by molar-refractivity contribution is 0.0953. The van der Waals surface area contributed by atoms with Crippen molar-refractivity contribution < 1.29 is 4.79 Å². The highest BCUT2D eigenvalue weighted by Gasteiger charge is 2.12. The zero-order valence-corrected chi connectivity index (χ0v) is 17.1. The van der Waals surface area contributed by atoms with Crippen LogP contribution in [0.5, 0.6) is 0 Å². The number of H-pyrrole nitrogens is 1. The third-order valence-electron chi connectivity index (χ3n) is 4.59. The minimum atomic E-state index is -0.584. The highest BCUT2D eigenvalue weighted by Crippen LogP contribution is 2.22. The van der Waals surface area contributed by atoms with E-state index in [0.717, 1.165) is 22.0 Å². The summed E-state index contributed by atoms with van der Waals surface area (Å²) in [5.74, 6) is -0.584. The monoisotopic (exact) mass is 438 g/mol. The van der Waals surface area contributed by atoms with Gasteiger partial charge in [-0.25, -0.2) is 5.43 Å². The van der Waals surface area contributed by atoms with Gasteiger partial charge in [0, 0.05) is 28.9 Å². The minimum absolute atomic E-state index is 0.00589. The fraction of sp³-hybridized carbons (Fsp3) is 0.0455. The number of carbonyl (C=O) groups excluding carboxylic acids is 1. The molecule has 2 aromatic heterocycles. The quantitative estimate of drug-likeness (QED) is 0.356. The number of amides is 1. The Balaban J connectivity index is 1.51. The molecule has 4 aromatic rings. The first-order valence-electron chi connectivity index (χ1n) is 9.06. The summed E-state index contributed by atoms with van der Waals surface area (Å²) >= 11 is 12.0. The van der Waals surface area contributed by atoms with Gasteiger partial charge in [0.1, 0.15) is 5.56 Å². The van der Waals surface area contributed by atoms with Gasteiger partial charge in [0.2, 0.25) is 0 Å². The second kappa shape index (κ2) is 8.57. The number of aromatic amines is 1. The van der Waals surface area contributed by atoms with Crippen molar-refractivity contribution in [2.24, 2.45) is 5.10 Å². The first kappa shape index (κ1) is 19.9. The molecule has 0 atom stereocenters. The van der Waals surface area contributed by atoms with Crippen LogP contribution in [0.2, 0.25) is 10.0 Å². The number of nitrogens with one attached hydrogen (secondary N) is 2. The minimum Gasteiger partial charge on any atom is -0.361 e. The molecule has 2 aromatic carbocycles. The van der Waals surface area contributed by atoms with Crippen LogP contribution in [0.4, 0.5) is 0 Å². The van der Waals surface area contributed by atoms with Crippen LogP contribution in [0, 0.1) is 0 Å². The molecular formula is C22H16Cl2N4O2. The summed E-state index contributed by atoms with van der Waals surface area (Å²) in [5.41, 5.74) is 4.58. The van der Waals surface area contributed by atoms with Gasteiger partial charge in [-0.1, -0.05) is 47.5 Å². The SMILES string of the molecule is O=C(N/N=C\c1c[nH]c2ccccc12)c1cccn(Cc2ccc(Cl)c(Cl)c2)c1=O. The summed E-state index contributed by atoms with van der Waals surface area (Å²) in [4.78, 5) is 28.3. The van der Waals surface area contributed by atoms with Crippen LogP contribution in [0.25, 0.3) is 10.9 Å². The molecule has 0 saturated heterocycles. The molecule has 0 aliphatic rings. The van der Waals surface area contributed by atoms with E-state index in [2.05, 4.69) is 15.5 Å². The van der Waals surface area contributed by atoms with Gasteiger partial charge in [-0.15, -0.1) is 0 Å². The standard InChI is InChI=1S/C22H16Cl2N4O2/c23-18-8-7-14(10-19(18)24)13-28-9-3-5-17(22(28)30)21(29)27-26-12-15-11-25-20-6-2-1-4-16(15)20/h1-12,25H,13H2,(H,27,29)/b26-12-. The van der Waals surface area contributed by atoms with Crippen LogP contribution in [-0.2, 0) is 6.54 Å². The molecular weight excluding hydrogens is 423 g/mol. The number of pyridine rings is 1. The van der Waals surface area contributed by atoms with Crippen LogP contribution < -0.4 is 11.0 Å². The molecule has 0 spiro atoms. The van der Waals surface area contributed by atoms with E-state index in [1.165, 1.54) is 16.8 Å². The zero-order valence-electron chi connectivity index (χ0n) is 15.6. The molecule has 0 aliphatic heterocycles. The van der Waals surface area contributed by atoms with Gasteiger partial charge in [-0.2, -0.15) is 5.10 Å². The lowest BCUT2D eigenvalue weighted by atomic mass is 10.2. The largest absolute Gasteiger partial charge is 0.361 e. The molecule has 30 heavy (non-hydrogen) atoms. The van der Waals surface area contributed by atoms with Gasteiger partial charge in [0.05, 0.1) is 22.8 Å². The number of hydrazone groups is 1. The number of para-hydroxylation sites is 1. The fourth-order valence-corrected chi connectivity index (χ4v) is 3.41. The van der Waals surface area contributed by atoms with Crippen molar-refractivity contribution in [3.05, 3.63) is 104 Å². The molecule has 150 valence electrons. The zero-order chi connectivity index (χ0) is 21.1. The van der Waals surface area contributed by atoms with Crippen molar-refractivity contribution >= 4 is 46.2 Å². The molecule has 2 heterocycles. The summed E-state index contributed by atoms with van der Waals surface area (Å²) in [7, 11) is 0. The van der Waals surface area contributed by atoms with Crippen molar-refractivity contribution in [1.82, 2.24) is 15.0 Å². The number of halogens is 2. The Hall–Kier alpha value is -3.35. The number of hydrogen-bond acceptors (Lipinski definition) is 3. The lowest BCUT2D eigenvalue weighted by Gasteiger charge is -2.08. The number of hydrogen-bond donors (Lipinski definition) is 2. The molecule has 4 rings (SSSR count). The molecule has 1 amide bonds. The van der Waals surface area contributed by atoms with Gasteiger partial charge < -0.3 is 9.55 Å². The molecule has 0 fully saturated rings. The Labute approximate surface area is 181 Å². The molecule has 8 heteroatoms. The van der Waals surface area contributed by atoms with Gasteiger partial charge in [-0.3, -0.25) is 9.59 Å². The average molecular weight is 439 g/mol. The van der Waals surface area contributed by atoms with Crippen molar-refractivity contribution in [1.29, 1.82) is 0 Å². The number of nitrogens with zero attached hydrogens (tertiary/aromatic N) is 2. The highest BCUT2D eigenvalue weighted by atomic mass is 35.5. The summed E-state index contributed by atoms with van der Waals surface area (Å²) in [6, 6.07) is 16.0. The lowest BCUT2D eigenvalue weighted by Crippen LogP contribution is -2.30. The predicted octanol–water partition coefficient (Wildman–Crippen LogP) is 4.45. The highest BCUT2D eigenvalue weighted by molar-refractivity contribution is 6.42. The maximum absolute atomic E-state index is 12.7. The first-order valence-corrected chi connectivity index (χ1v) is 9.81. The van der Waals surface area contributed by atoms with E-state index in [0.29, 0.717) is 10.0 Å². The smallest absolute Gasteiger partial charge is 0.276 e. The summed E-state index contributed by atoms with van der Waals surface area (Å²) in [6.07, 6.45) is 4.94. The van der Waals surface area contributed by atoms with Crippen LogP contribution >= 0.6 is 23.2 Å². The van der Waals surface area contributed by atoms with E-state index in [1.54, 1.807) is 36.7 Å². The number of fused-ring (bicyclic) bond motifs is 1. The Morgan fingerprint density at radius 1 is 1.10 bits per heavy atom. The van der Waals surface area contributed by atoms with E-state index < -0.39 is 11.5 Å². The number of rotatable bonds is 5. The third-order valence-corrected chi connectivity index (χ3v) is 5.33. The maximum Gasteiger partial charge on any atom is 0.276 e. The van der Waals surface area contributed by atoms with Crippen LogP contribution in [-0.4, -0.2) is 21.7 Å². The van der Waals surface area contributed by atoms with Crippen molar-refractivity contribution in [2.45, 2.75) is 6.54 Å². The molecule has 0 radical (unpaired) electrons. The molecule has 0 bridgehead atoms. The third kappa shape index (κ3) is 4.15. The fourth-order valence-electron chi connectivity index (χ4n) is 3.09. The maximum atomic E-state index is 12.7. The second-order valence-corrected chi connectivity index (χ2v) is 7.41. The Morgan fingerprint density at radius 2 is 1.93 bits per heavy atom. The Bertz CT molecular complexity index is 1320. The van der Waals surface area contributed by atoms with E-state index in [9.17, 15) is 9.59 Å². The van der Waals surface area contributed by atoms with Crippen LogP contribution in [0.3, 0.4) is 0 Å². The predicted molar refractivity (Wildman–Crippen MR) is 120 cm³/mol. The van der Waals surface area contributed by atoms with Gasteiger partial charge in [-0.05, 0) is 35.9 Å². The normalized spacial score (nSPS) is 11.3. The molecule has 0 aliphatic carbocycles. The van der Waals surface area contributed by atoms with Gasteiger partial charge in [0.15, 0.2) is 0 Å². The van der Waals surface area contributed by atoms with E-state index >= 15 is 0 Å². The second-order valence-electron chi connectivity index (χ2n) is 6.59. The van der Waals surface area contributed by atoms with Crippen LogP contribution in [0.1, 0.15) is 21.5 Å². The van der Waals surface area contributed by atoms with E-state index in [-0.39, 0.29) is 12.1 Å². The Morgan fingerprint density at radius 3 is 2.77 bits per heavy atom. The Kier molecular flexibility index (Phi) is 5.70. The molecule has 0 saturated carbocycles. The summed E-state index contributed by atoms with van der Waals surface area (Å²) in [6.45, 7) is 0.259. The summed E-state index contributed by atoms with van der Waals surface area (Å²) < 4.78 is 1.43. The number of carbonyl (C=O) groups is 1. The molecule has 6 nitrogen and oxygen atoms in total. The topological polar surface area (TPSA) is 79.2 Å². The van der Waals surface area contributed by atoms with Gasteiger partial charge >= 0.3 is 0 Å². The van der Waals surface area contributed by atoms with E-state index in [1.807, 2.05) is 24.3 Å². The van der Waals surface area contributed by atoms with Crippen LogP contribution in [0.15, 0.2) is 76.9 Å². The van der Waals surface area contributed by atoms with Crippen molar-refractivity contribution in [3.63, 3.8) is 0 Å². The first-order chi connectivity index (χ1) is 14.5. The summed E-state index contributed by atoms with van der Waals surface area (Å²) in [5, 5.41) is 5.82. The van der Waals surface area contributed by atoms with Crippen molar-refractivity contribution in [3.8, 4) is 0 Å². The molecule has 2 N–H and O–H groups in total. The average Bonchev–Trinajstić information content (AvgIpc) is 3.15. The molecule has 0 unspecified atom stereocenters.